The minimum atomic E-state index is -1.21. The van der Waals surface area contributed by atoms with Gasteiger partial charge < -0.3 is 69.8 Å². The van der Waals surface area contributed by atoms with Gasteiger partial charge in [-0.25, -0.2) is 0 Å². The number of ether oxygens (including phenoxy) is 10. The first-order valence-electron chi connectivity index (χ1n) is 42.2. The summed E-state index contributed by atoms with van der Waals surface area (Å²) in [7, 11) is 9.70. The van der Waals surface area contributed by atoms with Gasteiger partial charge in [-0.2, -0.15) is 0 Å². The molecule has 2 saturated carbocycles. The van der Waals surface area contributed by atoms with Crippen LogP contribution in [0.25, 0.3) is 11.1 Å². The maximum absolute atomic E-state index is 13.3. The molecule has 0 saturated heterocycles. The Kier molecular flexibility index (Phi) is 56.3. The molecule has 10 aromatic carbocycles. The highest BCUT2D eigenvalue weighted by atomic mass is 16.6. The number of benzene rings is 10. The maximum Gasteiger partial charge on any atom is 0.320 e. The third-order valence-electron chi connectivity index (χ3n) is 20.7. The molecular weight excluding hydrogens is 1710 g/mol. The summed E-state index contributed by atoms with van der Waals surface area (Å²) >= 11 is 0. The molecule has 22 nitrogen and oxygen atoms in total. The van der Waals surface area contributed by atoms with E-state index in [9.17, 15) is 48.3 Å². The molecule has 0 radical (unpaired) electrons. The number of aliphatic hydroxyl groups is 1. The molecule has 0 bridgehead atoms. The Labute approximate surface area is 797 Å². The monoisotopic (exact) mass is 1840 g/mol. The smallest absolute Gasteiger partial charge is 0.320 e. The van der Waals surface area contributed by atoms with Crippen LogP contribution in [-0.2, 0) is 93.3 Å². The van der Waals surface area contributed by atoms with Gasteiger partial charge in [0.15, 0.2) is 17.5 Å². The van der Waals surface area contributed by atoms with Crippen molar-refractivity contribution >= 4 is 70.9 Å². The average molecular weight is 1840 g/mol. The van der Waals surface area contributed by atoms with Crippen LogP contribution in [0, 0.1) is 49.4 Å². The van der Waals surface area contributed by atoms with Crippen molar-refractivity contribution in [3.8, 4) is 58.7 Å². The van der Waals surface area contributed by atoms with Gasteiger partial charge in [0.25, 0.3) is 0 Å². The van der Waals surface area contributed by atoms with Crippen molar-refractivity contribution in [3.05, 3.63) is 355 Å². The molecule has 14 rings (SSSR count). The number of carboxylic acids is 1. The molecule has 0 heterocycles. The third-order valence-corrected chi connectivity index (χ3v) is 20.7. The number of terminal acetylenes is 1. The number of aliphatic carboxylic acids is 1. The Morgan fingerprint density at radius 1 is 0.452 bits per heavy atom. The number of carboxylic acid groups (broad SMARTS) is 1. The molecule has 4 aliphatic rings. The first kappa shape index (κ1) is 116. The van der Waals surface area contributed by atoms with Crippen LogP contribution in [0.2, 0.25) is 0 Å². The molecule has 2 fully saturated rings. The second kappa shape index (κ2) is 65.5. The number of hydrogen-bond donors (Lipinski definition) is 2. The number of unbranched alkanes of at least 4 members (excludes halogenated alkanes) is 1. The van der Waals surface area contributed by atoms with Gasteiger partial charge in [0.2, 0.25) is 0 Å². The molecule has 0 aliphatic heterocycles. The summed E-state index contributed by atoms with van der Waals surface area (Å²) in [6.07, 6.45) is 17.5. The van der Waals surface area contributed by atoms with Crippen LogP contribution in [0.4, 0.5) is 0 Å². The van der Waals surface area contributed by atoms with Crippen LogP contribution in [-0.4, -0.2) is 119 Å². The fourth-order valence-electron chi connectivity index (χ4n) is 14.0. The van der Waals surface area contributed by atoms with Gasteiger partial charge in [0.05, 0.1) is 48.8 Å². The summed E-state index contributed by atoms with van der Waals surface area (Å²) in [6, 6.07) is 81.9. The minimum Gasteiger partial charge on any atom is -0.497 e. The van der Waals surface area contributed by atoms with E-state index in [4.69, 9.17) is 63.7 Å². The Morgan fingerprint density at radius 3 is 1.12 bits per heavy atom. The van der Waals surface area contributed by atoms with E-state index >= 15 is 0 Å². The highest BCUT2D eigenvalue weighted by molar-refractivity contribution is 6.23. The Bertz CT molecular complexity index is 5170. The minimum absolute atomic E-state index is 0. The predicted octanol–water partition coefficient (Wildman–Crippen LogP) is 21.7. The number of carbonyl (C=O) groups excluding carboxylic acids is 9. The van der Waals surface area contributed by atoms with Crippen molar-refractivity contribution in [1.29, 1.82) is 0 Å². The van der Waals surface area contributed by atoms with Crippen molar-refractivity contribution in [2.24, 2.45) is 17.8 Å². The number of rotatable bonds is 28. The summed E-state index contributed by atoms with van der Waals surface area (Å²) in [6.45, 7) is 3.50. The molecule has 5 atom stereocenters. The maximum atomic E-state index is 13.3. The van der Waals surface area contributed by atoms with Crippen LogP contribution in [0.15, 0.2) is 292 Å². The zero-order valence-electron chi connectivity index (χ0n) is 74.9. The van der Waals surface area contributed by atoms with Crippen molar-refractivity contribution in [2.45, 2.75) is 151 Å². The van der Waals surface area contributed by atoms with E-state index in [0.29, 0.717) is 50.6 Å². The van der Waals surface area contributed by atoms with Gasteiger partial charge in [0.1, 0.15) is 85.7 Å². The number of carbonyl (C=O) groups is 10. The first-order valence-corrected chi connectivity index (χ1v) is 42.2. The Morgan fingerprint density at radius 2 is 0.793 bits per heavy atom. The fraction of sp³-hybridized carbons (Fsp3) is 0.283. The van der Waals surface area contributed by atoms with Gasteiger partial charge in [-0.3, -0.25) is 43.2 Å². The number of esters is 4. The largest absolute Gasteiger partial charge is 0.497 e. The number of methoxy groups -OCH3 is 6. The number of aliphatic hydroxyl groups excluding tert-OH is 1. The zero-order valence-corrected chi connectivity index (χ0v) is 74.9. The second-order valence-electron chi connectivity index (χ2n) is 29.5. The number of ketones is 3. The summed E-state index contributed by atoms with van der Waals surface area (Å²) in [5, 5.41) is 18.9. The summed E-state index contributed by atoms with van der Waals surface area (Å²) in [5.74, 6) is 7.88. The lowest BCUT2D eigenvalue weighted by Gasteiger charge is -2.25. The van der Waals surface area contributed by atoms with E-state index in [-0.39, 0.29) is 112 Å². The van der Waals surface area contributed by atoms with Crippen LogP contribution >= 0.6 is 0 Å². The SMILES string of the molecule is C.C.C.C.C#Cc1ccc(OC)cc1.C=CC=O.COc1ccc(C#CCCC=O)cc1.COc1ccc(C2=CCCC2=O)cc1.COc1ccc(C2=CCCC2=O)cc1.COc1ccc(C2C(=O)CCC2C(C(=O)OCc2ccccc2)C(=O)OCc2ccccc2)cc1.COc1ccc(C2C(O)CCC2CC(=O)O)cc1.O=C(CC(=O)OCc1ccccc1)OCc1ccccc1.[CH3-]. The summed E-state index contributed by atoms with van der Waals surface area (Å²) < 4.78 is 51.5. The van der Waals surface area contributed by atoms with Gasteiger partial charge in [0, 0.05) is 72.6 Å². The van der Waals surface area contributed by atoms with E-state index in [2.05, 4.69) is 24.3 Å². The van der Waals surface area contributed by atoms with E-state index in [1.165, 1.54) is 6.08 Å². The lowest BCUT2D eigenvalue weighted by atomic mass is 9.79. The van der Waals surface area contributed by atoms with Crippen LogP contribution < -0.4 is 28.4 Å². The molecule has 0 aromatic heterocycles. The van der Waals surface area contributed by atoms with Crippen molar-refractivity contribution in [2.75, 3.05) is 42.7 Å². The molecule has 22 heteroatoms. The molecular formula is C113H129O22-. The highest BCUT2D eigenvalue weighted by Gasteiger charge is 2.48. The lowest BCUT2D eigenvalue weighted by molar-refractivity contribution is -0.167. The van der Waals surface area contributed by atoms with Crippen LogP contribution in [0.3, 0.4) is 0 Å². The molecule has 135 heavy (non-hydrogen) atoms. The van der Waals surface area contributed by atoms with E-state index in [0.717, 1.165) is 121 Å². The zero-order chi connectivity index (χ0) is 93.6. The first-order chi connectivity index (χ1) is 63.2. The number of aldehydes is 2. The molecule has 4 aliphatic carbocycles. The summed E-state index contributed by atoms with van der Waals surface area (Å²) in [4.78, 5) is 115. The van der Waals surface area contributed by atoms with Gasteiger partial charge >= 0.3 is 29.8 Å². The average Bonchev–Trinajstić information content (AvgIpc) is 1.65. The molecule has 0 amide bonds. The topological polar surface area (TPSA) is 303 Å². The molecule has 714 valence electrons. The Balaban J connectivity index is 0.000000545. The molecule has 0 spiro atoms. The number of Topliss-reactive ketones (excluding diaryl/α,β-unsaturated/α-hetero) is 3. The number of allylic oxidation sites excluding steroid dienone is 5. The third kappa shape index (κ3) is 40.7. The second-order valence-corrected chi connectivity index (χ2v) is 29.5. The van der Waals surface area contributed by atoms with E-state index < -0.39 is 53.7 Å². The van der Waals surface area contributed by atoms with Gasteiger partial charge in [-0.1, -0.05) is 236 Å². The normalized spacial score (nSPS) is 14.5. The van der Waals surface area contributed by atoms with Gasteiger partial charge in [-0.05, 0) is 192 Å². The van der Waals surface area contributed by atoms with E-state index in [1.54, 1.807) is 66.9 Å². The van der Waals surface area contributed by atoms with E-state index in [1.807, 2.05) is 255 Å². The number of hydrogen-bond acceptors (Lipinski definition) is 21. The highest BCUT2D eigenvalue weighted by Crippen LogP contribution is 2.44. The standard InChI is InChI=1S/C29H28O6.C17H16O4.C14H18O4.3C12H12O2.C9H8O.C3H4O.4CH4.CH3/c1-33-23-14-12-22(13-15-23)26-24(16-17-25(26)30)27(28(31)34-18-20-8-4-2-5-9-20)29(32)35-19-21-10-6-3-7-11-21;18-16(20-12-14-7-3-1-4-8-14)11-17(19)21-13-15-9-5-2-6-10-15;1-18-11-5-2-9(3-6-11)14-10(8-13(16)17)4-7-12(14)15;2*1-14-10-7-5-9(6-8-10)11-3-2-4-12(11)13;1-14-12-8-6-11(7-9-12)5-3-2-4-10-13;1-3-8-4-6-9(10-2)7-5-8;1-2-3-4;;;;;/h2-15,24,26-27H,16-19H2,1H3;1-10H,11-13H2;2-3,5-6,10,12,14-15H,4,7-8H2,1H3,(H,16,17);2*3,5-8H,2,4H2,1H3;6-10H,2,4H2,1H3;1,4-7H,2H3;2-3H,1H2;4*1H4;1H3/q;;;;;;;;;;;;-1. The molecule has 10 aromatic rings. The molecule has 5 unspecified atom stereocenters. The quantitative estimate of drug-likeness (QED) is 0.00673. The summed E-state index contributed by atoms with van der Waals surface area (Å²) in [5.41, 5.74) is 10.6. The van der Waals surface area contributed by atoms with Gasteiger partial charge in [-0.15, -0.1) is 6.42 Å². The predicted molar refractivity (Wildman–Crippen MR) is 529 cm³/mol. The molecule has 2 N–H and O–H groups in total. The fourth-order valence-corrected chi connectivity index (χ4v) is 14.0. The van der Waals surface area contributed by atoms with Crippen molar-refractivity contribution in [1.82, 2.24) is 0 Å². The lowest BCUT2D eigenvalue weighted by Crippen LogP contribution is -2.36. The van der Waals surface area contributed by atoms with Crippen molar-refractivity contribution < 1.29 is 106 Å². The Hall–Kier alpha value is -15.0. The van der Waals surface area contributed by atoms with Crippen LogP contribution in [0.5, 0.6) is 34.5 Å². The van der Waals surface area contributed by atoms with Crippen molar-refractivity contribution in [3.63, 3.8) is 0 Å². The van der Waals surface area contributed by atoms with Crippen LogP contribution in [0.1, 0.15) is 174 Å².